The summed E-state index contributed by atoms with van der Waals surface area (Å²) in [6.07, 6.45) is 1.01. The molecular formula is C15H19ClN2O2. The fourth-order valence-corrected chi connectivity index (χ4v) is 1.93. The minimum atomic E-state index is 0.333. The molecule has 0 atom stereocenters. The van der Waals surface area contributed by atoms with Gasteiger partial charge in [0.25, 0.3) is 0 Å². The van der Waals surface area contributed by atoms with Gasteiger partial charge in [-0.15, -0.1) is 11.6 Å². The lowest BCUT2D eigenvalue weighted by molar-refractivity contribution is 0.281. The number of alkyl halides is 1. The Morgan fingerprint density at radius 1 is 1.25 bits per heavy atom. The second kappa shape index (κ2) is 7.31. The third-order valence-electron chi connectivity index (χ3n) is 2.86. The van der Waals surface area contributed by atoms with Gasteiger partial charge in [-0.3, -0.25) is 0 Å². The highest BCUT2D eigenvalue weighted by molar-refractivity contribution is 6.16. The van der Waals surface area contributed by atoms with Gasteiger partial charge in [0, 0.05) is 18.2 Å². The van der Waals surface area contributed by atoms with E-state index in [1.165, 1.54) is 0 Å². The van der Waals surface area contributed by atoms with Crippen LogP contribution in [0.2, 0.25) is 0 Å². The van der Waals surface area contributed by atoms with E-state index in [1.54, 1.807) is 0 Å². The molecule has 0 spiro atoms. The number of ether oxygens (including phenoxy) is 1. The zero-order valence-corrected chi connectivity index (χ0v) is 12.6. The summed E-state index contributed by atoms with van der Waals surface area (Å²) in [5.74, 6) is 1.87. The monoisotopic (exact) mass is 294 g/mol. The fraction of sp³-hybridized carbons (Fsp3) is 0.400. The van der Waals surface area contributed by atoms with Gasteiger partial charge in [-0.05, 0) is 44.8 Å². The molecule has 0 aliphatic rings. The molecule has 4 nitrogen and oxygen atoms in total. The molecule has 108 valence electrons. The highest BCUT2D eigenvalue weighted by atomic mass is 35.5. The largest absolute Gasteiger partial charge is 0.494 e. The summed E-state index contributed by atoms with van der Waals surface area (Å²) in [5.41, 5.74) is 1.78. The van der Waals surface area contributed by atoms with Gasteiger partial charge >= 0.3 is 0 Å². The molecule has 0 amide bonds. The molecule has 1 aromatic carbocycles. The summed E-state index contributed by atoms with van der Waals surface area (Å²) in [6.45, 7) is 1.75. The Balaban J connectivity index is 1.89. The molecule has 0 saturated carbocycles. The average Bonchev–Trinajstić information content (AvgIpc) is 2.93. The lowest BCUT2D eigenvalue weighted by Crippen LogP contribution is -2.15. The standard InChI is InChI=1S/C15H19ClN2O2/c1-18(2)8-3-9-19-13-6-4-12(5-7-13)15-10-14(11-16)20-17-15/h4-7,10H,3,8-9,11H2,1-2H3. The van der Waals surface area contributed by atoms with Gasteiger partial charge in [0.1, 0.15) is 11.4 Å². The molecule has 20 heavy (non-hydrogen) atoms. The molecule has 0 fully saturated rings. The van der Waals surface area contributed by atoms with Crippen LogP contribution in [0.25, 0.3) is 11.3 Å². The third-order valence-corrected chi connectivity index (χ3v) is 3.12. The van der Waals surface area contributed by atoms with Crippen LogP contribution in [0.3, 0.4) is 0 Å². The van der Waals surface area contributed by atoms with Crippen LogP contribution in [0.1, 0.15) is 12.2 Å². The molecule has 1 aromatic heterocycles. The molecular weight excluding hydrogens is 276 g/mol. The molecule has 0 aliphatic carbocycles. The van der Waals surface area contributed by atoms with Crippen molar-refractivity contribution >= 4 is 11.6 Å². The van der Waals surface area contributed by atoms with Crippen LogP contribution in [-0.4, -0.2) is 37.3 Å². The Labute approximate surface area is 124 Å². The number of benzene rings is 1. The molecule has 2 rings (SSSR count). The van der Waals surface area contributed by atoms with Gasteiger partial charge in [0.2, 0.25) is 0 Å². The number of aromatic nitrogens is 1. The summed E-state index contributed by atoms with van der Waals surface area (Å²) >= 11 is 5.69. The molecule has 0 N–H and O–H groups in total. The van der Waals surface area contributed by atoms with Crippen LogP contribution in [0, 0.1) is 0 Å². The third kappa shape index (κ3) is 4.25. The molecule has 0 bridgehead atoms. The molecule has 0 unspecified atom stereocenters. The Morgan fingerprint density at radius 3 is 2.60 bits per heavy atom. The Morgan fingerprint density at radius 2 is 2.00 bits per heavy atom. The minimum Gasteiger partial charge on any atom is -0.494 e. The lowest BCUT2D eigenvalue weighted by Gasteiger charge is -2.10. The van der Waals surface area contributed by atoms with E-state index in [0.717, 1.165) is 36.6 Å². The second-order valence-electron chi connectivity index (χ2n) is 4.84. The topological polar surface area (TPSA) is 38.5 Å². The number of hydrogen-bond donors (Lipinski definition) is 0. The predicted molar refractivity (Wildman–Crippen MR) is 80.2 cm³/mol. The van der Waals surface area contributed by atoms with Crippen molar-refractivity contribution in [3.05, 3.63) is 36.1 Å². The molecule has 2 aromatic rings. The second-order valence-corrected chi connectivity index (χ2v) is 5.11. The van der Waals surface area contributed by atoms with Crippen LogP contribution in [0.4, 0.5) is 0 Å². The van der Waals surface area contributed by atoms with E-state index >= 15 is 0 Å². The Kier molecular flexibility index (Phi) is 5.44. The van der Waals surface area contributed by atoms with Crippen molar-refractivity contribution in [2.45, 2.75) is 12.3 Å². The average molecular weight is 295 g/mol. The molecule has 5 heteroatoms. The van der Waals surface area contributed by atoms with E-state index in [0.29, 0.717) is 11.6 Å². The van der Waals surface area contributed by atoms with Crippen LogP contribution in [0.5, 0.6) is 5.75 Å². The highest BCUT2D eigenvalue weighted by Crippen LogP contribution is 2.22. The molecule has 0 saturated heterocycles. The van der Waals surface area contributed by atoms with Crippen LogP contribution in [-0.2, 0) is 5.88 Å². The van der Waals surface area contributed by atoms with Gasteiger partial charge in [-0.1, -0.05) is 5.16 Å². The first-order chi connectivity index (χ1) is 9.69. The van der Waals surface area contributed by atoms with Crippen molar-refractivity contribution in [1.82, 2.24) is 10.1 Å². The van der Waals surface area contributed by atoms with Crippen molar-refractivity contribution in [1.29, 1.82) is 0 Å². The number of nitrogens with zero attached hydrogens (tertiary/aromatic N) is 2. The summed E-state index contributed by atoms with van der Waals surface area (Å²) < 4.78 is 10.8. The number of hydrogen-bond acceptors (Lipinski definition) is 4. The summed E-state index contributed by atoms with van der Waals surface area (Å²) in [6, 6.07) is 9.67. The van der Waals surface area contributed by atoms with Crippen LogP contribution in [0.15, 0.2) is 34.9 Å². The van der Waals surface area contributed by atoms with E-state index in [1.807, 2.05) is 30.3 Å². The van der Waals surface area contributed by atoms with Crippen LogP contribution >= 0.6 is 11.6 Å². The van der Waals surface area contributed by atoms with Gasteiger partial charge in [0.15, 0.2) is 5.76 Å². The number of rotatable bonds is 7. The van der Waals surface area contributed by atoms with E-state index in [9.17, 15) is 0 Å². The summed E-state index contributed by atoms with van der Waals surface area (Å²) in [5, 5.41) is 3.98. The first kappa shape index (κ1) is 14.9. The zero-order valence-electron chi connectivity index (χ0n) is 11.8. The first-order valence-electron chi connectivity index (χ1n) is 6.58. The maximum atomic E-state index is 5.69. The normalized spacial score (nSPS) is 11.0. The SMILES string of the molecule is CN(C)CCCOc1ccc(-c2cc(CCl)on2)cc1. The summed E-state index contributed by atoms with van der Waals surface area (Å²) in [7, 11) is 4.11. The fourth-order valence-electron chi connectivity index (χ4n) is 1.80. The van der Waals surface area contributed by atoms with Gasteiger partial charge in [-0.2, -0.15) is 0 Å². The Hall–Kier alpha value is -1.52. The van der Waals surface area contributed by atoms with Gasteiger partial charge < -0.3 is 14.2 Å². The maximum Gasteiger partial charge on any atom is 0.152 e. The molecule has 0 aliphatic heterocycles. The molecule has 1 heterocycles. The van der Waals surface area contributed by atoms with Crippen molar-refractivity contribution in [3.8, 4) is 17.0 Å². The van der Waals surface area contributed by atoms with E-state index in [4.69, 9.17) is 20.9 Å². The Bertz CT molecular complexity index is 523. The molecule has 0 radical (unpaired) electrons. The van der Waals surface area contributed by atoms with E-state index < -0.39 is 0 Å². The van der Waals surface area contributed by atoms with Gasteiger partial charge in [-0.25, -0.2) is 0 Å². The van der Waals surface area contributed by atoms with Crippen molar-refractivity contribution in [2.24, 2.45) is 0 Å². The predicted octanol–water partition coefficient (Wildman–Crippen LogP) is 3.41. The van der Waals surface area contributed by atoms with Crippen LogP contribution < -0.4 is 4.74 Å². The number of halogens is 1. The highest BCUT2D eigenvalue weighted by Gasteiger charge is 2.05. The quantitative estimate of drug-likeness (QED) is 0.579. The zero-order chi connectivity index (χ0) is 14.4. The lowest BCUT2D eigenvalue weighted by atomic mass is 10.1. The van der Waals surface area contributed by atoms with E-state index in [2.05, 4.69) is 24.2 Å². The first-order valence-corrected chi connectivity index (χ1v) is 7.12. The smallest absolute Gasteiger partial charge is 0.152 e. The van der Waals surface area contributed by atoms with Gasteiger partial charge in [0.05, 0.1) is 12.5 Å². The maximum absolute atomic E-state index is 5.69. The van der Waals surface area contributed by atoms with Crippen molar-refractivity contribution < 1.29 is 9.26 Å². The van der Waals surface area contributed by atoms with Crippen molar-refractivity contribution in [2.75, 3.05) is 27.2 Å². The summed E-state index contributed by atoms with van der Waals surface area (Å²) in [4.78, 5) is 2.14. The van der Waals surface area contributed by atoms with Crippen molar-refractivity contribution in [3.63, 3.8) is 0 Å². The van der Waals surface area contributed by atoms with E-state index in [-0.39, 0.29) is 0 Å². The minimum absolute atomic E-state index is 0.333.